The quantitative estimate of drug-likeness (QED) is 0.883. The Hall–Kier alpha value is -2.13. The summed E-state index contributed by atoms with van der Waals surface area (Å²) in [6.45, 7) is 7.64. The van der Waals surface area contributed by atoms with Crippen LogP contribution in [0.3, 0.4) is 0 Å². The number of hydrogen-bond acceptors (Lipinski definition) is 2. The molecule has 1 aliphatic rings. The summed E-state index contributed by atoms with van der Waals surface area (Å²) in [4.78, 5) is 14.3. The van der Waals surface area contributed by atoms with Crippen LogP contribution in [-0.2, 0) is 17.8 Å². The number of nitrogens with one attached hydrogen (secondary N) is 1. The lowest BCUT2D eigenvalue weighted by molar-refractivity contribution is -0.133. The molecule has 0 aliphatic carbocycles. The smallest absolute Gasteiger partial charge is 0.219 e. The molecule has 1 fully saturated rings. The van der Waals surface area contributed by atoms with Crippen LogP contribution in [0.25, 0.3) is 0 Å². The number of hydrogen-bond donors (Lipinski definition) is 1. The van der Waals surface area contributed by atoms with Crippen LogP contribution in [0.5, 0.6) is 0 Å². The van der Waals surface area contributed by atoms with Gasteiger partial charge < -0.3 is 10.2 Å². The summed E-state index contributed by atoms with van der Waals surface area (Å²) in [5.74, 6) is 0.184. The van der Waals surface area contributed by atoms with E-state index in [1.165, 1.54) is 22.3 Å². The van der Waals surface area contributed by atoms with Crippen molar-refractivity contribution in [2.24, 2.45) is 0 Å². The Kier molecular flexibility index (Phi) is 6.10. The van der Waals surface area contributed by atoms with Crippen LogP contribution >= 0.6 is 0 Å². The predicted octanol–water partition coefficient (Wildman–Crippen LogP) is 4.02. The molecule has 3 heteroatoms. The van der Waals surface area contributed by atoms with Gasteiger partial charge in [-0.25, -0.2) is 0 Å². The van der Waals surface area contributed by atoms with E-state index in [0.717, 1.165) is 32.4 Å². The van der Waals surface area contributed by atoms with Crippen LogP contribution in [0.4, 0.5) is 0 Å². The molecule has 26 heavy (non-hydrogen) atoms. The fraction of sp³-hybridized carbons (Fsp3) is 0.435. The number of carbonyl (C=O) groups is 1. The van der Waals surface area contributed by atoms with E-state index in [9.17, 15) is 4.79 Å². The molecule has 1 saturated heterocycles. The number of piperidine rings is 1. The molecule has 3 nitrogen and oxygen atoms in total. The monoisotopic (exact) mass is 350 g/mol. The molecule has 2 atom stereocenters. The zero-order chi connectivity index (χ0) is 18.5. The number of nitrogens with zero attached hydrogens (tertiary/aromatic N) is 1. The zero-order valence-corrected chi connectivity index (χ0v) is 16.2. The first-order chi connectivity index (χ1) is 12.5. The highest BCUT2D eigenvalue weighted by molar-refractivity contribution is 5.73. The molecule has 1 heterocycles. The van der Waals surface area contributed by atoms with E-state index < -0.39 is 0 Å². The fourth-order valence-corrected chi connectivity index (χ4v) is 3.86. The molecule has 0 bridgehead atoms. The zero-order valence-electron chi connectivity index (χ0n) is 16.2. The van der Waals surface area contributed by atoms with Gasteiger partial charge in [0.05, 0.1) is 6.04 Å². The largest absolute Gasteiger partial charge is 0.338 e. The lowest BCUT2D eigenvalue weighted by Gasteiger charge is -2.41. The Balaban J connectivity index is 1.72. The van der Waals surface area contributed by atoms with Gasteiger partial charge in [-0.2, -0.15) is 0 Å². The third-order valence-corrected chi connectivity index (χ3v) is 5.44. The maximum absolute atomic E-state index is 12.2. The number of carbonyl (C=O) groups excluding carboxylic acids is 1. The molecule has 3 rings (SSSR count). The molecule has 0 saturated carbocycles. The van der Waals surface area contributed by atoms with E-state index in [1.54, 1.807) is 6.92 Å². The molecule has 0 spiro atoms. The summed E-state index contributed by atoms with van der Waals surface area (Å²) in [7, 11) is 0. The van der Waals surface area contributed by atoms with Crippen molar-refractivity contribution in [2.75, 3.05) is 6.54 Å². The second-order valence-corrected chi connectivity index (χ2v) is 7.58. The second-order valence-electron chi connectivity index (χ2n) is 7.58. The van der Waals surface area contributed by atoms with Gasteiger partial charge in [-0.05, 0) is 44.2 Å². The molecule has 0 unspecified atom stereocenters. The van der Waals surface area contributed by atoms with Crippen molar-refractivity contribution < 1.29 is 4.79 Å². The van der Waals surface area contributed by atoms with E-state index in [1.807, 2.05) is 0 Å². The minimum Gasteiger partial charge on any atom is -0.338 e. The van der Waals surface area contributed by atoms with Gasteiger partial charge in [-0.15, -0.1) is 0 Å². The number of likely N-dealkylation sites (tertiary alicyclic amines) is 1. The minimum atomic E-state index is 0.184. The average Bonchev–Trinajstić information content (AvgIpc) is 2.63. The first-order valence-corrected chi connectivity index (χ1v) is 9.64. The van der Waals surface area contributed by atoms with Crippen LogP contribution in [0.1, 0.15) is 42.0 Å². The van der Waals surface area contributed by atoms with Gasteiger partial charge in [0.1, 0.15) is 0 Å². The Labute approximate surface area is 157 Å². The Morgan fingerprint density at radius 1 is 1.00 bits per heavy atom. The molecule has 1 amide bonds. The van der Waals surface area contributed by atoms with Crippen molar-refractivity contribution in [1.82, 2.24) is 10.2 Å². The Bertz CT molecular complexity index is 721. The molecular formula is C23H30N2O. The number of benzene rings is 2. The maximum atomic E-state index is 12.2. The lowest BCUT2D eigenvalue weighted by atomic mass is 9.90. The fourth-order valence-electron chi connectivity index (χ4n) is 3.86. The predicted molar refractivity (Wildman–Crippen MR) is 107 cm³/mol. The van der Waals surface area contributed by atoms with Gasteiger partial charge in [0.15, 0.2) is 0 Å². The molecule has 1 aliphatic heterocycles. The average molecular weight is 351 g/mol. The van der Waals surface area contributed by atoms with Gasteiger partial charge in [-0.3, -0.25) is 4.79 Å². The van der Waals surface area contributed by atoms with Gasteiger partial charge in [0, 0.05) is 26.1 Å². The number of aryl methyl sites for hydroxylation is 2. The lowest BCUT2D eigenvalue weighted by Crippen LogP contribution is -2.56. The summed E-state index contributed by atoms with van der Waals surface area (Å²) in [5.41, 5.74) is 5.15. The van der Waals surface area contributed by atoms with Crippen LogP contribution in [0, 0.1) is 13.8 Å². The maximum Gasteiger partial charge on any atom is 0.219 e. The molecule has 138 valence electrons. The molecule has 1 N–H and O–H groups in total. The van der Waals surface area contributed by atoms with Crippen molar-refractivity contribution in [2.45, 2.75) is 58.7 Å². The second kappa shape index (κ2) is 8.50. The van der Waals surface area contributed by atoms with Crippen LogP contribution < -0.4 is 5.32 Å². The number of rotatable bonds is 5. The van der Waals surface area contributed by atoms with Crippen molar-refractivity contribution >= 4 is 5.91 Å². The van der Waals surface area contributed by atoms with E-state index in [-0.39, 0.29) is 11.9 Å². The topological polar surface area (TPSA) is 32.3 Å². The van der Waals surface area contributed by atoms with Gasteiger partial charge in [-0.1, -0.05) is 59.7 Å². The first kappa shape index (κ1) is 18.7. The third kappa shape index (κ3) is 4.73. The molecule has 0 radical (unpaired) electrons. The first-order valence-electron chi connectivity index (χ1n) is 9.64. The van der Waals surface area contributed by atoms with E-state index in [4.69, 9.17) is 0 Å². The highest BCUT2D eigenvalue weighted by Crippen LogP contribution is 2.22. The van der Waals surface area contributed by atoms with Crippen LogP contribution in [0.15, 0.2) is 48.5 Å². The normalized spacial score (nSPS) is 20.2. The molecular weight excluding hydrogens is 320 g/mol. The van der Waals surface area contributed by atoms with Gasteiger partial charge >= 0.3 is 0 Å². The van der Waals surface area contributed by atoms with E-state index >= 15 is 0 Å². The van der Waals surface area contributed by atoms with Gasteiger partial charge in [0.2, 0.25) is 5.91 Å². The molecule has 2 aromatic rings. The van der Waals surface area contributed by atoms with Gasteiger partial charge in [0.25, 0.3) is 0 Å². The third-order valence-electron chi connectivity index (χ3n) is 5.44. The van der Waals surface area contributed by atoms with E-state index in [0.29, 0.717) is 6.04 Å². The van der Waals surface area contributed by atoms with Crippen LogP contribution in [-0.4, -0.2) is 29.4 Å². The van der Waals surface area contributed by atoms with Crippen molar-refractivity contribution in [3.05, 3.63) is 70.8 Å². The SMILES string of the molecule is CC(=O)N1CCC[C@H](NCc2ccc(C)cc2)[C@@H]1Cc1ccc(C)cc1. The summed E-state index contributed by atoms with van der Waals surface area (Å²) in [6, 6.07) is 17.9. The van der Waals surface area contributed by atoms with Crippen LogP contribution in [0.2, 0.25) is 0 Å². The summed E-state index contributed by atoms with van der Waals surface area (Å²) < 4.78 is 0. The highest BCUT2D eigenvalue weighted by atomic mass is 16.2. The van der Waals surface area contributed by atoms with Crippen molar-refractivity contribution in [1.29, 1.82) is 0 Å². The summed E-state index contributed by atoms with van der Waals surface area (Å²) in [6.07, 6.45) is 3.09. The number of amides is 1. The molecule has 2 aromatic carbocycles. The Morgan fingerprint density at radius 3 is 2.15 bits per heavy atom. The summed E-state index contributed by atoms with van der Waals surface area (Å²) >= 11 is 0. The highest BCUT2D eigenvalue weighted by Gasteiger charge is 2.32. The standard InChI is InChI=1S/C23H30N2O/c1-17-6-10-20(11-7-17)15-23-22(5-4-14-25(23)19(3)26)24-16-21-12-8-18(2)9-13-21/h6-13,22-24H,4-5,14-16H2,1-3H3/t22-,23-/m0/s1. The van der Waals surface area contributed by atoms with E-state index in [2.05, 4.69) is 72.6 Å². The minimum absolute atomic E-state index is 0.184. The van der Waals surface area contributed by atoms with Crippen molar-refractivity contribution in [3.63, 3.8) is 0 Å². The summed E-state index contributed by atoms with van der Waals surface area (Å²) in [5, 5.41) is 3.73. The Morgan fingerprint density at radius 2 is 1.58 bits per heavy atom. The van der Waals surface area contributed by atoms with Crippen molar-refractivity contribution in [3.8, 4) is 0 Å². The molecule has 0 aromatic heterocycles.